The van der Waals surface area contributed by atoms with Crippen LogP contribution in [0.15, 0.2) is 18.2 Å². The van der Waals surface area contributed by atoms with E-state index in [0.717, 1.165) is 0 Å². The minimum absolute atomic E-state index is 0.223. The van der Waals surface area contributed by atoms with Gasteiger partial charge in [0.05, 0.1) is 6.61 Å². The zero-order valence-corrected chi connectivity index (χ0v) is 11.1. The molecule has 5 nitrogen and oxygen atoms in total. The molecule has 0 saturated heterocycles. The van der Waals surface area contributed by atoms with Crippen molar-refractivity contribution in [2.45, 2.75) is 13.8 Å². The SMILES string of the molecule is CCOc1nc(NC)nc(-c2cccc(F)c2C)n1. The molecular weight excluding hydrogens is 247 g/mol. The number of halogens is 1. The Labute approximate surface area is 110 Å². The third-order valence-corrected chi connectivity index (χ3v) is 2.62. The van der Waals surface area contributed by atoms with E-state index < -0.39 is 0 Å². The quantitative estimate of drug-likeness (QED) is 0.917. The first-order valence-corrected chi connectivity index (χ1v) is 5.97. The zero-order chi connectivity index (χ0) is 13.8. The fourth-order valence-corrected chi connectivity index (χ4v) is 1.63. The number of ether oxygens (including phenoxy) is 1. The molecular formula is C13H15FN4O. The molecule has 0 spiro atoms. The van der Waals surface area contributed by atoms with Gasteiger partial charge in [0, 0.05) is 12.6 Å². The van der Waals surface area contributed by atoms with Crippen LogP contribution in [0, 0.1) is 12.7 Å². The summed E-state index contributed by atoms with van der Waals surface area (Å²) in [5.41, 5.74) is 1.12. The van der Waals surface area contributed by atoms with E-state index in [1.165, 1.54) is 6.07 Å². The second-order valence-electron chi connectivity index (χ2n) is 3.86. The van der Waals surface area contributed by atoms with Gasteiger partial charge < -0.3 is 10.1 Å². The van der Waals surface area contributed by atoms with E-state index >= 15 is 0 Å². The highest BCUT2D eigenvalue weighted by Gasteiger charge is 2.12. The van der Waals surface area contributed by atoms with Crippen molar-refractivity contribution >= 4 is 5.95 Å². The maximum Gasteiger partial charge on any atom is 0.321 e. The second kappa shape index (κ2) is 5.60. The van der Waals surface area contributed by atoms with Crippen molar-refractivity contribution in [3.63, 3.8) is 0 Å². The fourth-order valence-electron chi connectivity index (χ4n) is 1.63. The molecule has 0 saturated carbocycles. The molecule has 100 valence electrons. The summed E-state index contributed by atoms with van der Waals surface area (Å²) in [4.78, 5) is 12.5. The average Bonchev–Trinajstić information content (AvgIpc) is 2.42. The van der Waals surface area contributed by atoms with Crippen molar-refractivity contribution in [2.75, 3.05) is 19.0 Å². The van der Waals surface area contributed by atoms with E-state index in [2.05, 4.69) is 20.3 Å². The van der Waals surface area contributed by atoms with Crippen LogP contribution >= 0.6 is 0 Å². The monoisotopic (exact) mass is 262 g/mol. The maximum absolute atomic E-state index is 13.6. The molecule has 2 rings (SSSR count). The van der Waals surface area contributed by atoms with Crippen molar-refractivity contribution in [3.05, 3.63) is 29.6 Å². The number of rotatable bonds is 4. The maximum atomic E-state index is 13.6. The Hall–Kier alpha value is -2.24. The molecule has 0 aliphatic carbocycles. The molecule has 1 aromatic carbocycles. The van der Waals surface area contributed by atoms with Crippen LogP contribution in [0.4, 0.5) is 10.3 Å². The first-order valence-electron chi connectivity index (χ1n) is 5.97. The molecule has 19 heavy (non-hydrogen) atoms. The van der Waals surface area contributed by atoms with Gasteiger partial charge in [-0.2, -0.15) is 15.0 Å². The molecule has 0 aliphatic rings. The van der Waals surface area contributed by atoms with E-state index in [9.17, 15) is 4.39 Å². The highest BCUT2D eigenvalue weighted by molar-refractivity contribution is 5.61. The molecule has 0 bridgehead atoms. The lowest BCUT2D eigenvalue weighted by Gasteiger charge is -2.09. The van der Waals surface area contributed by atoms with E-state index in [4.69, 9.17) is 4.74 Å². The lowest BCUT2D eigenvalue weighted by Crippen LogP contribution is -2.05. The molecule has 1 N–H and O–H groups in total. The number of nitrogens with zero attached hydrogens (tertiary/aromatic N) is 3. The molecule has 1 aromatic heterocycles. The lowest BCUT2D eigenvalue weighted by molar-refractivity contribution is 0.312. The zero-order valence-electron chi connectivity index (χ0n) is 11.1. The molecule has 0 atom stereocenters. The summed E-state index contributed by atoms with van der Waals surface area (Å²) in [5, 5.41) is 2.83. The Morgan fingerprint density at radius 3 is 2.74 bits per heavy atom. The van der Waals surface area contributed by atoms with Crippen LogP contribution in [0.2, 0.25) is 0 Å². The van der Waals surface area contributed by atoms with Gasteiger partial charge in [-0.15, -0.1) is 0 Å². The normalized spacial score (nSPS) is 10.3. The van der Waals surface area contributed by atoms with E-state index in [1.807, 2.05) is 6.92 Å². The van der Waals surface area contributed by atoms with Crippen LogP contribution in [0.3, 0.4) is 0 Å². The number of benzene rings is 1. The fraction of sp³-hybridized carbons (Fsp3) is 0.308. The van der Waals surface area contributed by atoms with Crippen molar-refractivity contribution in [1.29, 1.82) is 0 Å². The third kappa shape index (κ3) is 2.78. The van der Waals surface area contributed by atoms with Gasteiger partial charge in [0.2, 0.25) is 5.95 Å². The lowest BCUT2D eigenvalue weighted by atomic mass is 10.1. The Morgan fingerprint density at radius 2 is 2.05 bits per heavy atom. The van der Waals surface area contributed by atoms with Gasteiger partial charge in [-0.1, -0.05) is 12.1 Å². The Bertz CT molecular complexity index is 589. The molecule has 0 fully saturated rings. The topological polar surface area (TPSA) is 59.9 Å². The number of hydrogen-bond donors (Lipinski definition) is 1. The van der Waals surface area contributed by atoms with Gasteiger partial charge in [0.25, 0.3) is 0 Å². The number of aromatic nitrogens is 3. The minimum atomic E-state index is -0.290. The van der Waals surface area contributed by atoms with Gasteiger partial charge >= 0.3 is 6.01 Å². The Balaban J connectivity index is 2.54. The molecule has 0 unspecified atom stereocenters. The van der Waals surface area contributed by atoms with Gasteiger partial charge in [-0.3, -0.25) is 0 Å². The summed E-state index contributed by atoms with van der Waals surface area (Å²) in [6.45, 7) is 3.98. The molecule has 2 aromatic rings. The summed E-state index contributed by atoms with van der Waals surface area (Å²) < 4.78 is 18.9. The van der Waals surface area contributed by atoms with Crippen molar-refractivity contribution < 1.29 is 9.13 Å². The van der Waals surface area contributed by atoms with Gasteiger partial charge in [0.15, 0.2) is 5.82 Å². The largest absolute Gasteiger partial charge is 0.464 e. The van der Waals surface area contributed by atoms with Crippen LogP contribution in [-0.4, -0.2) is 28.6 Å². The predicted molar refractivity (Wildman–Crippen MR) is 70.7 cm³/mol. The second-order valence-corrected chi connectivity index (χ2v) is 3.86. The standard InChI is InChI=1S/C13H15FN4O/c1-4-19-13-17-11(16-12(15-3)18-13)9-6-5-7-10(14)8(9)2/h5-7H,4H2,1-3H3,(H,15,16,17,18). The molecule has 1 heterocycles. The summed E-state index contributed by atoms with van der Waals surface area (Å²) >= 11 is 0. The van der Waals surface area contributed by atoms with Crippen molar-refractivity contribution in [1.82, 2.24) is 15.0 Å². The van der Waals surface area contributed by atoms with Crippen LogP contribution < -0.4 is 10.1 Å². The first kappa shape index (κ1) is 13.2. The summed E-state index contributed by atoms with van der Waals surface area (Å²) in [5.74, 6) is 0.485. The highest BCUT2D eigenvalue weighted by Crippen LogP contribution is 2.23. The van der Waals surface area contributed by atoms with Gasteiger partial charge in [-0.05, 0) is 25.5 Å². The number of hydrogen-bond acceptors (Lipinski definition) is 5. The van der Waals surface area contributed by atoms with Gasteiger partial charge in [-0.25, -0.2) is 4.39 Å². The summed E-state index contributed by atoms with van der Waals surface area (Å²) in [6, 6.07) is 5.02. The number of nitrogens with one attached hydrogen (secondary N) is 1. The molecule has 0 aliphatic heterocycles. The Kier molecular flexibility index (Phi) is 3.89. The summed E-state index contributed by atoms with van der Waals surface area (Å²) in [6.07, 6.45) is 0. The molecule has 0 radical (unpaired) electrons. The third-order valence-electron chi connectivity index (χ3n) is 2.62. The predicted octanol–water partition coefficient (Wildman–Crippen LogP) is 2.43. The summed E-state index contributed by atoms with van der Waals surface area (Å²) in [7, 11) is 1.70. The van der Waals surface area contributed by atoms with Crippen molar-refractivity contribution in [2.24, 2.45) is 0 Å². The average molecular weight is 262 g/mol. The van der Waals surface area contributed by atoms with Crippen LogP contribution in [0.5, 0.6) is 6.01 Å². The van der Waals surface area contributed by atoms with Gasteiger partial charge in [0.1, 0.15) is 5.82 Å². The van der Waals surface area contributed by atoms with Crippen molar-refractivity contribution in [3.8, 4) is 17.4 Å². The van der Waals surface area contributed by atoms with Crippen LogP contribution in [0.25, 0.3) is 11.4 Å². The van der Waals surface area contributed by atoms with E-state index in [0.29, 0.717) is 29.5 Å². The smallest absolute Gasteiger partial charge is 0.321 e. The van der Waals surface area contributed by atoms with Crippen LogP contribution in [0.1, 0.15) is 12.5 Å². The van der Waals surface area contributed by atoms with E-state index in [1.54, 1.807) is 26.1 Å². The highest BCUT2D eigenvalue weighted by atomic mass is 19.1. The molecule has 6 heteroatoms. The Morgan fingerprint density at radius 1 is 1.26 bits per heavy atom. The number of anilines is 1. The van der Waals surface area contributed by atoms with Crippen LogP contribution in [-0.2, 0) is 0 Å². The minimum Gasteiger partial charge on any atom is -0.464 e. The molecule has 0 amide bonds. The first-order chi connectivity index (χ1) is 9.15. The van der Waals surface area contributed by atoms with E-state index in [-0.39, 0.29) is 11.8 Å².